The fourth-order valence-corrected chi connectivity index (χ4v) is 1.85. The van der Waals surface area contributed by atoms with Gasteiger partial charge in [0.25, 0.3) is 0 Å². The van der Waals surface area contributed by atoms with Crippen molar-refractivity contribution in [3.8, 4) is 0 Å². The molecule has 2 heteroatoms. The predicted molar refractivity (Wildman–Crippen MR) is 71.7 cm³/mol. The minimum Gasteiger partial charge on any atom is -0.338 e. The molecule has 0 aromatic heterocycles. The quantitative estimate of drug-likeness (QED) is 0.704. The van der Waals surface area contributed by atoms with Gasteiger partial charge in [-0.05, 0) is 18.4 Å². The molecular weight excluding hydrogens is 210 g/mol. The standard InChI is InChI=1S/C15H23NO/c1-3-5-11-15(17)16(12-4-2)13-14-9-7-6-8-10-14/h6-10H,3-5,11-13H2,1-2H3. The van der Waals surface area contributed by atoms with Crippen LogP contribution in [0, 0.1) is 0 Å². The molecule has 0 saturated carbocycles. The molecule has 1 aromatic carbocycles. The van der Waals surface area contributed by atoms with Crippen molar-refractivity contribution in [1.29, 1.82) is 0 Å². The van der Waals surface area contributed by atoms with Crippen LogP contribution in [0.3, 0.4) is 0 Å². The van der Waals surface area contributed by atoms with Gasteiger partial charge >= 0.3 is 0 Å². The van der Waals surface area contributed by atoms with E-state index in [2.05, 4.69) is 26.0 Å². The Hall–Kier alpha value is -1.31. The lowest BCUT2D eigenvalue weighted by molar-refractivity contribution is -0.132. The Labute approximate surface area is 105 Å². The van der Waals surface area contributed by atoms with Crippen molar-refractivity contribution in [2.24, 2.45) is 0 Å². The van der Waals surface area contributed by atoms with Gasteiger partial charge < -0.3 is 4.90 Å². The average molecular weight is 233 g/mol. The number of benzene rings is 1. The third-order valence-electron chi connectivity index (χ3n) is 2.81. The zero-order valence-electron chi connectivity index (χ0n) is 11.0. The van der Waals surface area contributed by atoms with Crippen molar-refractivity contribution in [3.05, 3.63) is 35.9 Å². The molecule has 94 valence electrons. The fraction of sp³-hybridized carbons (Fsp3) is 0.533. The van der Waals surface area contributed by atoms with Crippen molar-refractivity contribution >= 4 is 5.91 Å². The Morgan fingerprint density at radius 1 is 1.12 bits per heavy atom. The van der Waals surface area contributed by atoms with Gasteiger partial charge in [0, 0.05) is 19.5 Å². The van der Waals surface area contributed by atoms with E-state index in [0.29, 0.717) is 6.42 Å². The minimum atomic E-state index is 0.289. The summed E-state index contributed by atoms with van der Waals surface area (Å²) in [4.78, 5) is 14.0. The van der Waals surface area contributed by atoms with Gasteiger partial charge in [-0.1, -0.05) is 50.6 Å². The second-order valence-corrected chi connectivity index (χ2v) is 4.40. The van der Waals surface area contributed by atoms with Crippen LogP contribution in [0.15, 0.2) is 30.3 Å². The van der Waals surface area contributed by atoms with Gasteiger partial charge in [-0.25, -0.2) is 0 Å². The maximum absolute atomic E-state index is 12.0. The summed E-state index contributed by atoms with van der Waals surface area (Å²) in [6.45, 7) is 5.84. The Morgan fingerprint density at radius 3 is 2.41 bits per heavy atom. The Balaban J connectivity index is 2.56. The number of carbonyl (C=O) groups is 1. The fourth-order valence-electron chi connectivity index (χ4n) is 1.85. The molecule has 0 unspecified atom stereocenters. The number of unbranched alkanes of at least 4 members (excludes halogenated alkanes) is 1. The molecule has 1 rings (SSSR count). The van der Waals surface area contributed by atoms with E-state index in [1.54, 1.807) is 0 Å². The SMILES string of the molecule is CCCCC(=O)N(CCC)Cc1ccccc1. The average Bonchev–Trinajstić information content (AvgIpc) is 2.36. The highest BCUT2D eigenvalue weighted by Gasteiger charge is 2.11. The maximum atomic E-state index is 12.0. The zero-order chi connectivity index (χ0) is 12.5. The molecule has 17 heavy (non-hydrogen) atoms. The first-order valence-electron chi connectivity index (χ1n) is 6.59. The highest BCUT2D eigenvalue weighted by atomic mass is 16.2. The zero-order valence-corrected chi connectivity index (χ0v) is 11.0. The molecule has 1 amide bonds. The Kier molecular flexibility index (Phi) is 6.38. The van der Waals surface area contributed by atoms with Gasteiger partial charge in [-0.2, -0.15) is 0 Å². The van der Waals surface area contributed by atoms with Gasteiger partial charge in [0.05, 0.1) is 0 Å². The molecule has 0 aliphatic carbocycles. The first-order valence-corrected chi connectivity index (χ1v) is 6.59. The lowest BCUT2D eigenvalue weighted by Gasteiger charge is -2.22. The van der Waals surface area contributed by atoms with Gasteiger partial charge in [0.2, 0.25) is 5.91 Å². The van der Waals surface area contributed by atoms with E-state index >= 15 is 0 Å². The van der Waals surface area contributed by atoms with E-state index < -0.39 is 0 Å². The second kappa shape index (κ2) is 7.88. The van der Waals surface area contributed by atoms with E-state index in [1.165, 1.54) is 5.56 Å². The van der Waals surface area contributed by atoms with Crippen molar-refractivity contribution in [3.63, 3.8) is 0 Å². The third kappa shape index (κ3) is 5.03. The highest BCUT2D eigenvalue weighted by Crippen LogP contribution is 2.08. The lowest BCUT2D eigenvalue weighted by Crippen LogP contribution is -2.31. The Morgan fingerprint density at radius 2 is 1.82 bits per heavy atom. The van der Waals surface area contributed by atoms with Crippen molar-refractivity contribution in [2.75, 3.05) is 6.54 Å². The topological polar surface area (TPSA) is 20.3 Å². The second-order valence-electron chi connectivity index (χ2n) is 4.40. The van der Waals surface area contributed by atoms with Crippen LogP contribution in [0.25, 0.3) is 0 Å². The summed E-state index contributed by atoms with van der Waals surface area (Å²) in [7, 11) is 0. The molecule has 0 spiro atoms. The summed E-state index contributed by atoms with van der Waals surface area (Å²) in [5, 5.41) is 0. The van der Waals surface area contributed by atoms with Crippen LogP contribution >= 0.6 is 0 Å². The van der Waals surface area contributed by atoms with Crippen LogP contribution in [0.4, 0.5) is 0 Å². The summed E-state index contributed by atoms with van der Waals surface area (Å²) in [5.74, 6) is 0.289. The largest absolute Gasteiger partial charge is 0.338 e. The molecule has 0 bridgehead atoms. The molecular formula is C15H23NO. The number of amides is 1. The van der Waals surface area contributed by atoms with Crippen LogP contribution < -0.4 is 0 Å². The van der Waals surface area contributed by atoms with E-state index in [0.717, 1.165) is 32.4 Å². The summed E-state index contributed by atoms with van der Waals surface area (Å²) in [6.07, 6.45) is 3.78. The third-order valence-corrected chi connectivity index (χ3v) is 2.81. The molecule has 0 aliphatic rings. The van der Waals surface area contributed by atoms with Crippen LogP contribution in [0.5, 0.6) is 0 Å². The van der Waals surface area contributed by atoms with E-state index in [-0.39, 0.29) is 5.91 Å². The Bertz CT molecular complexity index is 321. The first kappa shape index (κ1) is 13.8. The molecule has 0 atom stereocenters. The van der Waals surface area contributed by atoms with Crippen LogP contribution in [-0.2, 0) is 11.3 Å². The van der Waals surface area contributed by atoms with Crippen LogP contribution in [-0.4, -0.2) is 17.4 Å². The predicted octanol–water partition coefficient (Wildman–Crippen LogP) is 3.62. The summed E-state index contributed by atoms with van der Waals surface area (Å²) in [5.41, 5.74) is 1.21. The molecule has 2 nitrogen and oxygen atoms in total. The molecule has 0 radical (unpaired) electrons. The first-order chi connectivity index (χ1) is 8.27. The van der Waals surface area contributed by atoms with Crippen molar-refractivity contribution in [1.82, 2.24) is 4.90 Å². The molecule has 0 heterocycles. The number of hydrogen-bond acceptors (Lipinski definition) is 1. The summed E-state index contributed by atoms with van der Waals surface area (Å²) >= 11 is 0. The van der Waals surface area contributed by atoms with E-state index in [1.807, 2.05) is 23.1 Å². The van der Waals surface area contributed by atoms with E-state index in [4.69, 9.17) is 0 Å². The molecule has 1 aromatic rings. The number of hydrogen-bond donors (Lipinski definition) is 0. The normalized spacial score (nSPS) is 10.2. The van der Waals surface area contributed by atoms with Gasteiger partial charge in [-0.15, -0.1) is 0 Å². The van der Waals surface area contributed by atoms with Crippen LogP contribution in [0.1, 0.15) is 45.1 Å². The number of carbonyl (C=O) groups excluding carboxylic acids is 1. The number of nitrogens with zero attached hydrogens (tertiary/aromatic N) is 1. The van der Waals surface area contributed by atoms with Gasteiger partial charge in [-0.3, -0.25) is 4.79 Å². The molecule has 0 N–H and O–H groups in total. The monoisotopic (exact) mass is 233 g/mol. The van der Waals surface area contributed by atoms with Gasteiger partial charge in [0.1, 0.15) is 0 Å². The molecule has 0 saturated heterocycles. The summed E-state index contributed by atoms with van der Waals surface area (Å²) < 4.78 is 0. The van der Waals surface area contributed by atoms with Crippen molar-refractivity contribution in [2.45, 2.75) is 46.1 Å². The smallest absolute Gasteiger partial charge is 0.222 e. The van der Waals surface area contributed by atoms with Crippen LogP contribution in [0.2, 0.25) is 0 Å². The van der Waals surface area contributed by atoms with E-state index in [9.17, 15) is 4.79 Å². The maximum Gasteiger partial charge on any atom is 0.222 e. The lowest BCUT2D eigenvalue weighted by atomic mass is 10.2. The molecule has 0 fully saturated rings. The number of rotatable bonds is 7. The summed E-state index contributed by atoms with van der Waals surface area (Å²) in [6, 6.07) is 10.2. The minimum absolute atomic E-state index is 0.289. The van der Waals surface area contributed by atoms with Gasteiger partial charge in [0.15, 0.2) is 0 Å². The molecule has 0 aliphatic heterocycles. The highest BCUT2D eigenvalue weighted by molar-refractivity contribution is 5.76. The van der Waals surface area contributed by atoms with Crippen molar-refractivity contribution < 1.29 is 4.79 Å².